The van der Waals surface area contributed by atoms with Gasteiger partial charge in [-0.15, -0.1) is 11.3 Å². The summed E-state index contributed by atoms with van der Waals surface area (Å²) in [5.41, 5.74) is 4.13. The molecule has 1 aromatic carbocycles. The molecule has 24 heavy (non-hydrogen) atoms. The molecular weight excluding hydrogens is 316 g/mol. The molecule has 0 aliphatic rings. The van der Waals surface area contributed by atoms with Gasteiger partial charge in [-0.05, 0) is 32.1 Å². The van der Waals surface area contributed by atoms with E-state index in [2.05, 4.69) is 58.7 Å². The average Bonchev–Trinajstić information content (AvgIpc) is 3.05. The van der Waals surface area contributed by atoms with Crippen LogP contribution < -0.4 is 5.32 Å². The van der Waals surface area contributed by atoms with Crippen LogP contribution in [0.3, 0.4) is 0 Å². The van der Waals surface area contributed by atoms with Gasteiger partial charge < -0.3 is 10.2 Å². The number of benzene rings is 1. The topological polar surface area (TPSA) is 41.0 Å². The smallest absolute Gasteiger partial charge is 0.142 e. The molecule has 126 valence electrons. The number of pyridine rings is 1. The van der Waals surface area contributed by atoms with Gasteiger partial charge in [-0.3, -0.25) is 0 Å². The van der Waals surface area contributed by atoms with Gasteiger partial charge in [0.25, 0.3) is 0 Å². The number of rotatable bonds is 7. The number of likely N-dealkylation sites (N-methyl/N-ethyl adjacent to an activating group) is 1. The molecule has 3 rings (SSSR count). The van der Waals surface area contributed by atoms with Gasteiger partial charge in [0, 0.05) is 35.2 Å². The van der Waals surface area contributed by atoms with Crippen LogP contribution in [0.5, 0.6) is 0 Å². The van der Waals surface area contributed by atoms with Gasteiger partial charge in [0.1, 0.15) is 10.7 Å². The molecule has 0 bridgehead atoms. The van der Waals surface area contributed by atoms with Gasteiger partial charge in [0.2, 0.25) is 0 Å². The van der Waals surface area contributed by atoms with Crippen molar-refractivity contribution in [1.82, 2.24) is 14.9 Å². The maximum absolute atomic E-state index is 4.79. The van der Waals surface area contributed by atoms with E-state index in [4.69, 9.17) is 4.98 Å². The van der Waals surface area contributed by atoms with Gasteiger partial charge >= 0.3 is 0 Å². The summed E-state index contributed by atoms with van der Waals surface area (Å²) >= 11 is 1.65. The Hall–Kier alpha value is -1.98. The number of para-hydroxylation sites is 1. The minimum Gasteiger partial charge on any atom is -0.383 e. The van der Waals surface area contributed by atoms with Crippen molar-refractivity contribution in [2.75, 3.05) is 31.5 Å². The summed E-state index contributed by atoms with van der Waals surface area (Å²) < 4.78 is 0. The van der Waals surface area contributed by atoms with Crippen molar-refractivity contribution in [1.29, 1.82) is 0 Å². The summed E-state index contributed by atoms with van der Waals surface area (Å²) in [6.45, 7) is 10.5. The fourth-order valence-electron chi connectivity index (χ4n) is 2.79. The SMILES string of the molecule is CCN(CC)CCNc1cc(-c2nc(C)cs2)nc2ccccc12. The molecule has 0 amide bonds. The maximum Gasteiger partial charge on any atom is 0.142 e. The Labute approximate surface area is 147 Å². The van der Waals surface area contributed by atoms with Crippen LogP contribution in [0.15, 0.2) is 35.7 Å². The molecule has 4 nitrogen and oxygen atoms in total. The van der Waals surface area contributed by atoms with Crippen LogP contribution in [0.2, 0.25) is 0 Å². The van der Waals surface area contributed by atoms with Crippen molar-refractivity contribution in [2.24, 2.45) is 0 Å². The highest BCUT2D eigenvalue weighted by Gasteiger charge is 2.10. The first-order valence-corrected chi connectivity index (χ1v) is 9.37. The van der Waals surface area contributed by atoms with Crippen LogP contribution in [-0.2, 0) is 0 Å². The van der Waals surface area contributed by atoms with Gasteiger partial charge in [0.15, 0.2) is 0 Å². The molecule has 0 aliphatic heterocycles. The van der Waals surface area contributed by atoms with E-state index in [1.54, 1.807) is 11.3 Å². The lowest BCUT2D eigenvalue weighted by Gasteiger charge is -2.19. The van der Waals surface area contributed by atoms with Crippen molar-refractivity contribution in [3.63, 3.8) is 0 Å². The van der Waals surface area contributed by atoms with Crippen LogP contribution in [0.1, 0.15) is 19.5 Å². The lowest BCUT2D eigenvalue weighted by Crippen LogP contribution is -2.28. The Bertz CT molecular complexity index is 808. The zero-order valence-corrected chi connectivity index (χ0v) is 15.4. The number of aryl methyl sites for hydroxylation is 1. The van der Waals surface area contributed by atoms with Gasteiger partial charge in [-0.25, -0.2) is 9.97 Å². The first kappa shape index (κ1) is 16.9. The van der Waals surface area contributed by atoms with Gasteiger partial charge in [0.05, 0.1) is 5.52 Å². The second-order valence-electron chi connectivity index (χ2n) is 5.82. The lowest BCUT2D eigenvalue weighted by atomic mass is 10.1. The Balaban J connectivity index is 1.90. The van der Waals surface area contributed by atoms with Crippen molar-refractivity contribution in [3.8, 4) is 10.7 Å². The predicted octanol–water partition coefficient (Wildman–Crippen LogP) is 4.42. The van der Waals surface area contributed by atoms with E-state index in [0.29, 0.717) is 0 Å². The number of nitrogens with one attached hydrogen (secondary N) is 1. The molecule has 1 N–H and O–H groups in total. The molecule has 0 atom stereocenters. The van der Waals surface area contributed by atoms with E-state index in [1.807, 2.05) is 13.0 Å². The summed E-state index contributed by atoms with van der Waals surface area (Å²) in [6.07, 6.45) is 0. The number of anilines is 1. The third-order valence-electron chi connectivity index (χ3n) is 4.19. The molecule has 0 saturated heterocycles. The van der Waals surface area contributed by atoms with Crippen molar-refractivity contribution in [2.45, 2.75) is 20.8 Å². The van der Waals surface area contributed by atoms with E-state index in [0.717, 1.165) is 59.2 Å². The van der Waals surface area contributed by atoms with Crippen LogP contribution in [0.25, 0.3) is 21.6 Å². The molecule has 5 heteroatoms. The van der Waals surface area contributed by atoms with Gasteiger partial charge in [-0.1, -0.05) is 32.0 Å². The maximum atomic E-state index is 4.79. The minimum absolute atomic E-state index is 0.923. The molecule has 2 heterocycles. The van der Waals surface area contributed by atoms with Crippen molar-refractivity contribution < 1.29 is 0 Å². The molecule has 0 saturated carbocycles. The monoisotopic (exact) mass is 340 g/mol. The summed E-state index contributed by atoms with van der Waals surface area (Å²) in [7, 11) is 0. The van der Waals surface area contributed by atoms with Crippen LogP contribution in [-0.4, -0.2) is 41.0 Å². The van der Waals surface area contributed by atoms with Crippen molar-refractivity contribution >= 4 is 27.9 Å². The van der Waals surface area contributed by atoms with Crippen LogP contribution in [0.4, 0.5) is 5.69 Å². The largest absolute Gasteiger partial charge is 0.383 e. The second-order valence-corrected chi connectivity index (χ2v) is 6.68. The molecule has 0 fully saturated rings. The van der Waals surface area contributed by atoms with E-state index in [1.165, 1.54) is 0 Å². The van der Waals surface area contributed by atoms with E-state index in [-0.39, 0.29) is 0 Å². The first-order valence-electron chi connectivity index (χ1n) is 8.49. The zero-order chi connectivity index (χ0) is 16.9. The Morgan fingerprint density at radius 1 is 1.12 bits per heavy atom. The lowest BCUT2D eigenvalue weighted by molar-refractivity contribution is 0.316. The average molecular weight is 340 g/mol. The summed E-state index contributed by atoms with van der Waals surface area (Å²) in [4.78, 5) is 11.8. The molecule has 0 unspecified atom stereocenters. The van der Waals surface area contributed by atoms with E-state index in [9.17, 15) is 0 Å². The number of hydrogen-bond donors (Lipinski definition) is 1. The zero-order valence-electron chi connectivity index (χ0n) is 14.5. The summed E-state index contributed by atoms with van der Waals surface area (Å²) in [6, 6.07) is 10.4. The van der Waals surface area contributed by atoms with Crippen LogP contribution in [0, 0.1) is 6.92 Å². The molecule has 0 spiro atoms. The quantitative estimate of drug-likeness (QED) is 0.691. The number of fused-ring (bicyclic) bond motifs is 1. The first-order chi connectivity index (χ1) is 11.7. The molecule has 2 aromatic heterocycles. The minimum atomic E-state index is 0.923. The number of aromatic nitrogens is 2. The number of nitrogens with zero attached hydrogens (tertiary/aromatic N) is 3. The predicted molar refractivity (Wildman–Crippen MR) is 104 cm³/mol. The highest BCUT2D eigenvalue weighted by atomic mass is 32.1. The Kier molecular flexibility index (Phi) is 5.43. The molecule has 3 aromatic rings. The second kappa shape index (κ2) is 7.73. The normalized spacial score (nSPS) is 11.3. The summed E-state index contributed by atoms with van der Waals surface area (Å²) in [5.74, 6) is 0. The highest BCUT2D eigenvalue weighted by Crippen LogP contribution is 2.29. The molecule has 0 radical (unpaired) electrons. The Morgan fingerprint density at radius 3 is 2.62 bits per heavy atom. The standard InChI is InChI=1S/C19H24N4S/c1-4-23(5-2)11-10-20-17-12-18(19-21-14(3)13-24-19)22-16-9-7-6-8-15(16)17/h6-9,12-13H,4-5,10-11H2,1-3H3,(H,20,22). The van der Waals surface area contributed by atoms with Gasteiger partial charge in [-0.2, -0.15) is 0 Å². The molecular formula is C19H24N4S. The fraction of sp³-hybridized carbons (Fsp3) is 0.368. The van der Waals surface area contributed by atoms with E-state index < -0.39 is 0 Å². The van der Waals surface area contributed by atoms with Crippen LogP contribution >= 0.6 is 11.3 Å². The third-order valence-corrected chi connectivity index (χ3v) is 5.17. The van der Waals surface area contributed by atoms with Crippen molar-refractivity contribution in [3.05, 3.63) is 41.4 Å². The molecule has 0 aliphatic carbocycles. The highest BCUT2D eigenvalue weighted by molar-refractivity contribution is 7.13. The Morgan fingerprint density at radius 2 is 1.92 bits per heavy atom. The number of thiazole rings is 1. The summed E-state index contributed by atoms with van der Waals surface area (Å²) in [5, 5.41) is 7.81. The fourth-order valence-corrected chi connectivity index (χ4v) is 3.55. The third kappa shape index (κ3) is 3.74. The number of hydrogen-bond acceptors (Lipinski definition) is 5. The van der Waals surface area contributed by atoms with E-state index >= 15 is 0 Å².